The highest BCUT2D eigenvalue weighted by Gasteiger charge is 2.23. The second-order valence-corrected chi connectivity index (χ2v) is 6.72. The molecule has 3 heteroatoms. The predicted molar refractivity (Wildman–Crippen MR) is 79.9 cm³/mol. The van der Waals surface area contributed by atoms with Crippen LogP contribution in [0.4, 0.5) is 0 Å². The first kappa shape index (κ1) is 12.2. The largest absolute Gasteiger partial charge is 0.490 e. The van der Waals surface area contributed by atoms with Crippen LogP contribution >= 0.6 is 11.3 Å². The zero-order chi connectivity index (χ0) is 13.5. The summed E-state index contributed by atoms with van der Waals surface area (Å²) >= 11 is 1.67. The van der Waals surface area contributed by atoms with Crippen LogP contribution in [0, 0.1) is 0 Å². The van der Waals surface area contributed by atoms with Crippen molar-refractivity contribution in [1.82, 2.24) is 0 Å². The van der Waals surface area contributed by atoms with E-state index in [0.717, 1.165) is 41.9 Å². The molecule has 2 aliphatic carbocycles. The van der Waals surface area contributed by atoms with Gasteiger partial charge in [-0.1, -0.05) is 0 Å². The van der Waals surface area contributed by atoms with E-state index in [2.05, 4.69) is 6.07 Å². The summed E-state index contributed by atoms with van der Waals surface area (Å²) < 4.78 is 5.71. The molecule has 1 heterocycles. The van der Waals surface area contributed by atoms with Gasteiger partial charge in [0, 0.05) is 10.4 Å². The first-order valence-corrected chi connectivity index (χ1v) is 8.04. The number of fused-ring (bicyclic) bond motifs is 1. The lowest BCUT2D eigenvalue weighted by molar-refractivity contribution is 0.104. The van der Waals surface area contributed by atoms with E-state index in [1.807, 2.05) is 24.3 Å². The molecule has 1 aromatic heterocycles. The van der Waals surface area contributed by atoms with Gasteiger partial charge in [-0.3, -0.25) is 4.79 Å². The Balaban J connectivity index is 1.54. The average molecular weight is 284 g/mol. The van der Waals surface area contributed by atoms with Crippen LogP contribution in [-0.2, 0) is 12.8 Å². The van der Waals surface area contributed by atoms with E-state index < -0.39 is 0 Å². The SMILES string of the molecule is O=C(c1ccc(OC2CC2)cc1)c1cc2c(s1)CCC2. The Morgan fingerprint density at radius 3 is 2.65 bits per heavy atom. The number of ketones is 1. The van der Waals surface area contributed by atoms with Gasteiger partial charge in [-0.2, -0.15) is 0 Å². The van der Waals surface area contributed by atoms with E-state index in [4.69, 9.17) is 4.74 Å². The Morgan fingerprint density at radius 2 is 1.95 bits per heavy atom. The number of hydrogen-bond donors (Lipinski definition) is 0. The quantitative estimate of drug-likeness (QED) is 0.793. The molecule has 102 valence electrons. The highest BCUT2D eigenvalue weighted by atomic mass is 32.1. The standard InChI is InChI=1S/C17H16O2S/c18-17(16-10-12-2-1-3-15(12)20-16)11-4-6-13(7-5-11)19-14-8-9-14/h4-7,10,14H,1-3,8-9H2. The van der Waals surface area contributed by atoms with E-state index >= 15 is 0 Å². The Labute approximate surface area is 122 Å². The number of carbonyl (C=O) groups excluding carboxylic acids is 1. The van der Waals surface area contributed by atoms with Crippen molar-refractivity contribution < 1.29 is 9.53 Å². The smallest absolute Gasteiger partial charge is 0.202 e. The summed E-state index contributed by atoms with van der Waals surface area (Å²) in [6.07, 6.45) is 6.22. The lowest BCUT2D eigenvalue weighted by Crippen LogP contribution is -2.00. The fraction of sp³-hybridized carbons (Fsp3) is 0.353. The minimum Gasteiger partial charge on any atom is -0.490 e. The molecule has 0 radical (unpaired) electrons. The fourth-order valence-corrected chi connectivity index (χ4v) is 3.86. The van der Waals surface area contributed by atoms with Crippen LogP contribution in [0.2, 0.25) is 0 Å². The first-order valence-electron chi connectivity index (χ1n) is 7.22. The van der Waals surface area contributed by atoms with E-state index in [9.17, 15) is 4.79 Å². The number of thiophene rings is 1. The molecule has 2 aliphatic rings. The molecule has 0 aliphatic heterocycles. The molecule has 0 saturated heterocycles. The van der Waals surface area contributed by atoms with Gasteiger partial charge in [0.05, 0.1) is 11.0 Å². The van der Waals surface area contributed by atoms with Gasteiger partial charge in [-0.15, -0.1) is 11.3 Å². The summed E-state index contributed by atoms with van der Waals surface area (Å²) in [6, 6.07) is 9.67. The normalized spacial score (nSPS) is 17.0. The topological polar surface area (TPSA) is 26.3 Å². The van der Waals surface area contributed by atoms with Crippen molar-refractivity contribution in [1.29, 1.82) is 0 Å². The third-order valence-corrected chi connectivity index (χ3v) is 5.15. The Bertz CT molecular complexity index is 629. The Morgan fingerprint density at radius 1 is 1.15 bits per heavy atom. The summed E-state index contributed by atoms with van der Waals surface area (Å²) in [5.74, 6) is 1.01. The molecular formula is C17H16O2S. The molecule has 0 N–H and O–H groups in total. The van der Waals surface area contributed by atoms with Gasteiger partial charge in [-0.05, 0) is 68.0 Å². The molecule has 1 aromatic carbocycles. The van der Waals surface area contributed by atoms with Crippen LogP contribution in [0.15, 0.2) is 30.3 Å². The van der Waals surface area contributed by atoms with Crippen molar-refractivity contribution in [3.8, 4) is 5.75 Å². The zero-order valence-corrected chi connectivity index (χ0v) is 12.0. The maximum Gasteiger partial charge on any atom is 0.202 e. The van der Waals surface area contributed by atoms with Gasteiger partial charge in [0.2, 0.25) is 5.78 Å². The summed E-state index contributed by atoms with van der Waals surface area (Å²) in [5, 5.41) is 0. The summed E-state index contributed by atoms with van der Waals surface area (Å²) in [6.45, 7) is 0. The molecule has 0 bridgehead atoms. The Kier molecular flexibility index (Phi) is 2.88. The molecule has 0 spiro atoms. The van der Waals surface area contributed by atoms with E-state index in [-0.39, 0.29) is 5.78 Å². The maximum absolute atomic E-state index is 12.5. The summed E-state index contributed by atoms with van der Waals surface area (Å²) in [5.41, 5.74) is 2.14. The molecule has 0 unspecified atom stereocenters. The van der Waals surface area contributed by atoms with Gasteiger partial charge in [0.1, 0.15) is 5.75 Å². The molecule has 2 nitrogen and oxygen atoms in total. The summed E-state index contributed by atoms with van der Waals surface area (Å²) in [7, 11) is 0. The molecule has 1 fully saturated rings. The number of rotatable bonds is 4. The minimum absolute atomic E-state index is 0.141. The highest BCUT2D eigenvalue weighted by molar-refractivity contribution is 7.14. The molecule has 20 heavy (non-hydrogen) atoms. The molecule has 0 atom stereocenters. The second kappa shape index (κ2) is 4.74. The van der Waals surface area contributed by atoms with Crippen molar-refractivity contribution in [2.45, 2.75) is 38.2 Å². The summed E-state index contributed by atoms with van der Waals surface area (Å²) in [4.78, 5) is 14.8. The third-order valence-electron chi connectivity index (χ3n) is 3.91. The zero-order valence-electron chi connectivity index (χ0n) is 11.2. The van der Waals surface area contributed by atoms with Crippen molar-refractivity contribution in [3.63, 3.8) is 0 Å². The number of carbonyl (C=O) groups is 1. The van der Waals surface area contributed by atoms with Gasteiger partial charge < -0.3 is 4.74 Å². The van der Waals surface area contributed by atoms with E-state index in [1.54, 1.807) is 11.3 Å². The van der Waals surface area contributed by atoms with Crippen LogP contribution in [0.5, 0.6) is 5.75 Å². The molecule has 2 aromatic rings. The van der Waals surface area contributed by atoms with E-state index in [0.29, 0.717) is 6.10 Å². The molecule has 4 rings (SSSR count). The first-order chi connectivity index (χ1) is 9.79. The van der Waals surface area contributed by atoms with Crippen molar-refractivity contribution in [3.05, 3.63) is 51.2 Å². The van der Waals surface area contributed by atoms with Crippen LogP contribution in [-0.4, -0.2) is 11.9 Å². The minimum atomic E-state index is 0.141. The number of aryl methyl sites for hydroxylation is 2. The van der Waals surface area contributed by atoms with Gasteiger partial charge in [0.15, 0.2) is 0 Å². The van der Waals surface area contributed by atoms with Gasteiger partial charge in [0.25, 0.3) is 0 Å². The van der Waals surface area contributed by atoms with Crippen LogP contribution in [0.1, 0.15) is 44.9 Å². The van der Waals surface area contributed by atoms with Gasteiger partial charge >= 0.3 is 0 Å². The Hall–Kier alpha value is -1.61. The number of hydrogen-bond acceptors (Lipinski definition) is 3. The average Bonchev–Trinajstić information content (AvgIpc) is 3.00. The monoisotopic (exact) mass is 284 g/mol. The number of benzene rings is 1. The molecular weight excluding hydrogens is 268 g/mol. The van der Waals surface area contributed by atoms with Gasteiger partial charge in [-0.25, -0.2) is 0 Å². The second-order valence-electron chi connectivity index (χ2n) is 5.58. The highest BCUT2D eigenvalue weighted by Crippen LogP contribution is 2.32. The predicted octanol–water partition coefficient (Wildman–Crippen LogP) is 4.01. The third kappa shape index (κ3) is 2.27. The molecule has 0 amide bonds. The van der Waals surface area contributed by atoms with E-state index in [1.165, 1.54) is 16.9 Å². The van der Waals surface area contributed by atoms with Crippen molar-refractivity contribution >= 4 is 17.1 Å². The van der Waals surface area contributed by atoms with Crippen LogP contribution < -0.4 is 4.74 Å². The fourth-order valence-electron chi connectivity index (χ4n) is 2.65. The van der Waals surface area contributed by atoms with Crippen LogP contribution in [0.25, 0.3) is 0 Å². The van der Waals surface area contributed by atoms with Crippen LogP contribution in [0.3, 0.4) is 0 Å². The molecule has 1 saturated carbocycles. The maximum atomic E-state index is 12.5. The van der Waals surface area contributed by atoms with Crippen molar-refractivity contribution in [2.24, 2.45) is 0 Å². The van der Waals surface area contributed by atoms with Crippen molar-refractivity contribution in [2.75, 3.05) is 0 Å². The number of ether oxygens (including phenoxy) is 1. The lowest BCUT2D eigenvalue weighted by Gasteiger charge is -2.04. The lowest BCUT2D eigenvalue weighted by atomic mass is 10.1.